The van der Waals surface area contributed by atoms with Crippen LogP contribution in [0, 0.1) is 0 Å². The fourth-order valence-electron chi connectivity index (χ4n) is 2.11. The van der Waals surface area contributed by atoms with Crippen molar-refractivity contribution in [2.45, 2.75) is 18.9 Å². The van der Waals surface area contributed by atoms with Crippen LogP contribution in [0.15, 0.2) is 24.3 Å². The first kappa shape index (κ1) is 11.1. The van der Waals surface area contributed by atoms with Gasteiger partial charge in [0.15, 0.2) is 0 Å². The van der Waals surface area contributed by atoms with Gasteiger partial charge in [-0.15, -0.1) is 0 Å². The molecule has 16 heavy (non-hydrogen) atoms. The number of anilines is 1. The minimum atomic E-state index is 0.408. The number of nitrogens with zero attached hydrogens (tertiary/aromatic N) is 1. The van der Waals surface area contributed by atoms with Crippen LogP contribution in [0.5, 0.6) is 0 Å². The zero-order chi connectivity index (χ0) is 11.4. The zero-order valence-corrected chi connectivity index (χ0v) is 9.56. The van der Waals surface area contributed by atoms with Crippen molar-refractivity contribution in [3.8, 4) is 0 Å². The van der Waals surface area contributed by atoms with Crippen LogP contribution in [0.1, 0.15) is 23.2 Å². The monoisotopic (exact) mass is 219 g/mol. The number of rotatable bonds is 3. The van der Waals surface area contributed by atoms with Gasteiger partial charge in [-0.25, -0.2) is 0 Å². The molecule has 0 radical (unpaired) electrons. The number of ether oxygens (including phenoxy) is 1. The summed E-state index contributed by atoms with van der Waals surface area (Å²) in [6, 6.07) is 7.75. The van der Waals surface area contributed by atoms with Crippen molar-refractivity contribution in [3.05, 3.63) is 29.8 Å². The normalized spacial score (nSPS) is 17.4. The Hall–Kier alpha value is -1.35. The molecule has 0 bridgehead atoms. The van der Waals surface area contributed by atoms with E-state index in [1.54, 1.807) is 7.11 Å². The molecule has 1 fully saturated rings. The number of carbonyl (C=O) groups is 1. The molecular weight excluding hydrogens is 202 g/mol. The summed E-state index contributed by atoms with van der Waals surface area (Å²) in [6.45, 7) is 2.05. The van der Waals surface area contributed by atoms with E-state index in [0.717, 1.165) is 37.8 Å². The number of methoxy groups -OCH3 is 1. The van der Waals surface area contributed by atoms with Crippen molar-refractivity contribution in [2.75, 3.05) is 25.1 Å². The number of hydrogen-bond acceptors (Lipinski definition) is 3. The fourth-order valence-corrected chi connectivity index (χ4v) is 2.11. The van der Waals surface area contributed by atoms with E-state index in [4.69, 9.17) is 4.74 Å². The Morgan fingerprint density at radius 3 is 2.38 bits per heavy atom. The number of piperidine rings is 1. The Morgan fingerprint density at radius 2 is 1.88 bits per heavy atom. The summed E-state index contributed by atoms with van der Waals surface area (Å²) < 4.78 is 5.34. The maximum Gasteiger partial charge on any atom is 0.150 e. The molecule has 1 aromatic rings. The van der Waals surface area contributed by atoms with Crippen molar-refractivity contribution >= 4 is 12.0 Å². The third-order valence-electron chi connectivity index (χ3n) is 3.17. The summed E-state index contributed by atoms with van der Waals surface area (Å²) in [4.78, 5) is 12.9. The molecule has 0 spiro atoms. The van der Waals surface area contributed by atoms with Gasteiger partial charge in [0, 0.05) is 31.5 Å². The van der Waals surface area contributed by atoms with Crippen molar-refractivity contribution in [3.63, 3.8) is 0 Å². The molecule has 1 heterocycles. The van der Waals surface area contributed by atoms with Gasteiger partial charge in [0.1, 0.15) is 6.29 Å². The molecule has 0 unspecified atom stereocenters. The van der Waals surface area contributed by atoms with Gasteiger partial charge in [-0.3, -0.25) is 4.79 Å². The van der Waals surface area contributed by atoms with Gasteiger partial charge in [0.25, 0.3) is 0 Å². The highest BCUT2D eigenvalue weighted by molar-refractivity contribution is 5.75. The van der Waals surface area contributed by atoms with Crippen LogP contribution in [0.4, 0.5) is 5.69 Å². The van der Waals surface area contributed by atoms with Crippen LogP contribution < -0.4 is 4.90 Å². The van der Waals surface area contributed by atoms with Gasteiger partial charge >= 0.3 is 0 Å². The van der Waals surface area contributed by atoms with E-state index in [2.05, 4.69) is 4.90 Å². The highest BCUT2D eigenvalue weighted by Gasteiger charge is 2.18. The predicted molar refractivity (Wildman–Crippen MR) is 64.1 cm³/mol. The summed E-state index contributed by atoms with van der Waals surface area (Å²) >= 11 is 0. The number of aldehydes is 1. The minimum Gasteiger partial charge on any atom is -0.381 e. The molecule has 1 aliphatic rings. The lowest BCUT2D eigenvalue weighted by molar-refractivity contribution is 0.0819. The van der Waals surface area contributed by atoms with Gasteiger partial charge in [-0.1, -0.05) is 0 Å². The molecule has 3 heteroatoms. The standard InChI is InChI=1S/C13H17NO2/c1-16-13-6-8-14(9-7-13)12-4-2-11(10-15)3-5-12/h2-5,10,13H,6-9H2,1H3. The van der Waals surface area contributed by atoms with Gasteiger partial charge in [0.2, 0.25) is 0 Å². The van der Waals surface area contributed by atoms with Crippen molar-refractivity contribution in [1.82, 2.24) is 0 Å². The Bertz CT molecular complexity index is 339. The van der Waals surface area contributed by atoms with Crippen LogP contribution in [-0.2, 0) is 4.74 Å². The predicted octanol–water partition coefficient (Wildman–Crippen LogP) is 2.11. The summed E-state index contributed by atoms with van der Waals surface area (Å²) in [5, 5.41) is 0. The van der Waals surface area contributed by atoms with E-state index in [9.17, 15) is 4.79 Å². The van der Waals surface area contributed by atoms with E-state index in [1.807, 2.05) is 24.3 Å². The lowest BCUT2D eigenvalue weighted by atomic mass is 10.1. The van der Waals surface area contributed by atoms with Crippen LogP contribution in [0.3, 0.4) is 0 Å². The number of carbonyl (C=O) groups excluding carboxylic acids is 1. The Morgan fingerprint density at radius 1 is 1.25 bits per heavy atom. The van der Waals surface area contributed by atoms with E-state index in [1.165, 1.54) is 5.69 Å². The van der Waals surface area contributed by atoms with Gasteiger partial charge in [-0.05, 0) is 37.1 Å². The quantitative estimate of drug-likeness (QED) is 0.729. The molecule has 0 atom stereocenters. The van der Waals surface area contributed by atoms with Gasteiger partial charge in [0.05, 0.1) is 6.10 Å². The lowest BCUT2D eigenvalue weighted by Crippen LogP contribution is -2.36. The Balaban J connectivity index is 1.99. The van der Waals surface area contributed by atoms with E-state index < -0.39 is 0 Å². The fraction of sp³-hybridized carbons (Fsp3) is 0.462. The van der Waals surface area contributed by atoms with E-state index >= 15 is 0 Å². The molecule has 1 aromatic carbocycles. The Kier molecular flexibility index (Phi) is 3.57. The average molecular weight is 219 g/mol. The molecule has 0 aromatic heterocycles. The molecule has 1 aliphatic heterocycles. The minimum absolute atomic E-state index is 0.408. The summed E-state index contributed by atoms with van der Waals surface area (Å²) in [5.41, 5.74) is 1.93. The smallest absolute Gasteiger partial charge is 0.150 e. The van der Waals surface area contributed by atoms with Crippen LogP contribution in [0.2, 0.25) is 0 Å². The largest absolute Gasteiger partial charge is 0.381 e. The molecule has 0 N–H and O–H groups in total. The first-order valence-corrected chi connectivity index (χ1v) is 5.66. The van der Waals surface area contributed by atoms with E-state index in [-0.39, 0.29) is 0 Å². The summed E-state index contributed by atoms with van der Waals surface area (Å²) in [7, 11) is 1.78. The number of benzene rings is 1. The van der Waals surface area contributed by atoms with E-state index in [0.29, 0.717) is 6.10 Å². The molecule has 0 aliphatic carbocycles. The molecule has 1 saturated heterocycles. The summed E-state index contributed by atoms with van der Waals surface area (Å²) in [6.07, 6.45) is 3.43. The highest BCUT2D eigenvalue weighted by Crippen LogP contribution is 2.21. The maximum atomic E-state index is 10.5. The molecular formula is C13H17NO2. The SMILES string of the molecule is COC1CCN(c2ccc(C=O)cc2)CC1. The Labute approximate surface area is 96.0 Å². The molecule has 86 valence electrons. The van der Waals surface area contributed by atoms with Crippen LogP contribution >= 0.6 is 0 Å². The van der Waals surface area contributed by atoms with Crippen molar-refractivity contribution < 1.29 is 9.53 Å². The first-order valence-electron chi connectivity index (χ1n) is 5.66. The molecule has 2 rings (SSSR count). The van der Waals surface area contributed by atoms with Crippen molar-refractivity contribution in [2.24, 2.45) is 0 Å². The van der Waals surface area contributed by atoms with Gasteiger partial charge < -0.3 is 9.64 Å². The topological polar surface area (TPSA) is 29.5 Å². The van der Waals surface area contributed by atoms with Crippen LogP contribution in [0.25, 0.3) is 0 Å². The van der Waals surface area contributed by atoms with Gasteiger partial charge in [-0.2, -0.15) is 0 Å². The zero-order valence-electron chi connectivity index (χ0n) is 9.56. The highest BCUT2D eigenvalue weighted by atomic mass is 16.5. The maximum absolute atomic E-state index is 10.5. The second-order valence-corrected chi connectivity index (χ2v) is 4.13. The number of hydrogen-bond donors (Lipinski definition) is 0. The van der Waals surface area contributed by atoms with Crippen molar-refractivity contribution in [1.29, 1.82) is 0 Å². The third-order valence-corrected chi connectivity index (χ3v) is 3.17. The molecule has 0 saturated carbocycles. The third kappa shape index (κ3) is 2.42. The first-order chi connectivity index (χ1) is 7.83. The lowest BCUT2D eigenvalue weighted by Gasteiger charge is -2.32. The second-order valence-electron chi connectivity index (χ2n) is 4.13. The summed E-state index contributed by atoms with van der Waals surface area (Å²) in [5.74, 6) is 0. The molecule has 0 amide bonds. The average Bonchev–Trinajstić information content (AvgIpc) is 2.39. The molecule has 3 nitrogen and oxygen atoms in total. The second kappa shape index (κ2) is 5.12. The van der Waals surface area contributed by atoms with Crippen LogP contribution in [-0.4, -0.2) is 32.6 Å².